The molecule has 84 valence electrons. The molecule has 0 fully saturated rings. The van der Waals surface area contributed by atoms with E-state index in [1.54, 1.807) is 11.3 Å². The second-order valence-electron chi connectivity index (χ2n) is 3.95. The maximum atomic E-state index is 5.72. The molecular formula is C13H16N2S. The van der Waals surface area contributed by atoms with Crippen molar-refractivity contribution >= 4 is 22.7 Å². The third-order valence-corrected chi connectivity index (χ3v) is 3.68. The van der Waals surface area contributed by atoms with Gasteiger partial charge in [0.2, 0.25) is 0 Å². The van der Waals surface area contributed by atoms with Gasteiger partial charge in [0.05, 0.1) is 0 Å². The number of hydrogen-bond donors (Lipinski definition) is 2. The zero-order valence-electron chi connectivity index (χ0n) is 9.58. The Morgan fingerprint density at radius 2 is 2.00 bits per heavy atom. The van der Waals surface area contributed by atoms with Gasteiger partial charge in [-0.1, -0.05) is 0 Å². The molecule has 2 aromatic rings. The van der Waals surface area contributed by atoms with E-state index in [1.165, 1.54) is 16.0 Å². The number of nitrogens with two attached hydrogens (primary N) is 1. The Bertz CT molecular complexity index is 488. The average Bonchev–Trinajstić information content (AvgIpc) is 2.63. The van der Waals surface area contributed by atoms with Crippen molar-refractivity contribution in [1.82, 2.24) is 0 Å². The second kappa shape index (κ2) is 4.58. The summed E-state index contributed by atoms with van der Waals surface area (Å²) in [7, 11) is 0. The molecule has 16 heavy (non-hydrogen) atoms. The number of benzene rings is 1. The Balaban J connectivity index is 2.08. The monoisotopic (exact) mass is 232 g/mol. The lowest BCUT2D eigenvalue weighted by Gasteiger charge is -2.09. The van der Waals surface area contributed by atoms with E-state index in [9.17, 15) is 0 Å². The third-order valence-electron chi connectivity index (χ3n) is 2.66. The summed E-state index contributed by atoms with van der Waals surface area (Å²) in [6, 6.07) is 8.10. The van der Waals surface area contributed by atoms with Crippen molar-refractivity contribution in [3.63, 3.8) is 0 Å². The average molecular weight is 232 g/mol. The van der Waals surface area contributed by atoms with Crippen LogP contribution in [0.1, 0.15) is 16.0 Å². The molecule has 0 bridgehead atoms. The van der Waals surface area contributed by atoms with Gasteiger partial charge in [0, 0.05) is 22.8 Å². The highest BCUT2D eigenvalue weighted by molar-refractivity contribution is 7.10. The van der Waals surface area contributed by atoms with E-state index in [1.807, 2.05) is 18.2 Å². The highest BCUT2D eigenvalue weighted by Gasteiger charge is 2.01. The van der Waals surface area contributed by atoms with Gasteiger partial charge < -0.3 is 11.1 Å². The van der Waals surface area contributed by atoms with Crippen molar-refractivity contribution < 1.29 is 0 Å². The number of nitrogen functional groups attached to an aromatic ring is 1. The van der Waals surface area contributed by atoms with Crippen molar-refractivity contribution in [3.8, 4) is 0 Å². The van der Waals surface area contributed by atoms with E-state index in [0.29, 0.717) is 0 Å². The molecule has 0 aliphatic heterocycles. The van der Waals surface area contributed by atoms with Gasteiger partial charge in [0.1, 0.15) is 0 Å². The normalized spacial score (nSPS) is 10.4. The summed E-state index contributed by atoms with van der Waals surface area (Å²) < 4.78 is 0. The molecule has 1 aromatic heterocycles. The largest absolute Gasteiger partial charge is 0.399 e. The van der Waals surface area contributed by atoms with E-state index in [2.05, 4.69) is 30.6 Å². The van der Waals surface area contributed by atoms with E-state index in [0.717, 1.165) is 17.9 Å². The summed E-state index contributed by atoms with van der Waals surface area (Å²) in [5.74, 6) is 0. The molecule has 3 heteroatoms. The minimum atomic E-state index is 0.815. The quantitative estimate of drug-likeness (QED) is 0.794. The fraction of sp³-hybridized carbons (Fsp3) is 0.231. The van der Waals surface area contributed by atoms with Crippen molar-refractivity contribution in [2.45, 2.75) is 20.4 Å². The molecular weight excluding hydrogens is 216 g/mol. The van der Waals surface area contributed by atoms with Crippen molar-refractivity contribution in [2.24, 2.45) is 0 Å². The molecule has 2 rings (SSSR count). The predicted octanol–water partition coefficient (Wildman–Crippen LogP) is 3.56. The third kappa shape index (κ3) is 2.36. The molecule has 0 unspecified atom stereocenters. The molecule has 3 N–H and O–H groups in total. The molecule has 0 radical (unpaired) electrons. The van der Waals surface area contributed by atoms with Gasteiger partial charge >= 0.3 is 0 Å². The van der Waals surface area contributed by atoms with Crippen LogP contribution in [0.25, 0.3) is 0 Å². The lowest BCUT2D eigenvalue weighted by Crippen LogP contribution is -2.01. The predicted molar refractivity (Wildman–Crippen MR) is 72.0 cm³/mol. The standard InChI is InChI=1S/C13H16N2S/c1-9-5-6-16-13(9)8-15-12-4-3-11(14)7-10(12)2/h3-7,15H,8,14H2,1-2H3. The minimum Gasteiger partial charge on any atom is -0.399 e. The topological polar surface area (TPSA) is 38.0 Å². The Hall–Kier alpha value is -1.48. The van der Waals surface area contributed by atoms with E-state index in [4.69, 9.17) is 5.73 Å². The van der Waals surface area contributed by atoms with Crippen molar-refractivity contribution in [3.05, 3.63) is 45.6 Å². The number of anilines is 2. The van der Waals surface area contributed by atoms with Gasteiger partial charge in [-0.25, -0.2) is 0 Å². The van der Waals surface area contributed by atoms with Crippen LogP contribution in [0.3, 0.4) is 0 Å². The highest BCUT2D eigenvalue weighted by Crippen LogP contribution is 2.21. The fourth-order valence-electron chi connectivity index (χ4n) is 1.65. The molecule has 0 spiro atoms. The van der Waals surface area contributed by atoms with Gasteiger partial charge in [-0.05, 0) is 54.6 Å². The first-order valence-corrected chi connectivity index (χ1v) is 6.18. The van der Waals surface area contributed by atoms with Crippen molar-refractivity contribution in [1.29, 1.82) is 0 Å². The maximum Gasteiger partial charge on any atom is 0.0496 e. The zero-order valence-corrected chi connectivity index (χ0v) is 10.4. The van der Waals surface area contributed by atoms with E-state index < -0.39 is 0 Å². The van der Waals surface area contributed by atoms with Gasteiger partial charge in [-0.15, -0.1) is 11.3 Å². The molecule has 0 saturated heterocycles. The van der Waals surface area contributed by atoms with Gasteiger partial charge in [-0.3, -0.25) is 0 Å². The van der Waals surface area contributed by atoms with Crippen LogP contribution < -0.4 is 11.1 Å². The number of thiophene rings is 1. The molecule has 1 heterocycles. The Kier molecular flexibility index (Phi) is 3.15. The van der Waals surface area contributed by atoms with Crippen LogP contribution in [0.5, 0.6) is 0 Å². The Morgan fingerprint density at radius 1 is 1.19 bits per heavy atom. The first-order valence-electron chi connectivity index (χ1n) is 5.30. The summed E-state index contributed by atoms with van der Waals surface area (Å²) in [5, 5.41) is 5.57. The first-order chi connectivity index (χ1) is 7.66. The van der Waals surface area contributed by atoms with Crippen LogP contribution in [0, 0.1) is 13.8 Å². The SMILES string of the molecule is Cc1cc(N)ccc1NCc1sccc1C. The lowest BCUT2D eigenvalue weighted by atomic mass is 10.2. The molecule has 0 atom stereocenters. The van der Waals surface area contributed by atoms with Crippen LogP contribution >= 0.6 is 11.3 Å². The van der Waals surface area contributed by atoms with Crippen LogP contribution in [-0.4, -0.2) is 0 Å². The van der Waals surface area contributed by atoms with Gasteiger partial charge in [0.25, 0.3) is 0 Å². The number of nitrogens with one attached hydrogen (secondary N) is 1. The summed E-state index contributed by atoms with van der Waals surface area (Å²) in [5.41, 5.74) is 10.2. The number of hydrogen-bond acceptors (Lipinski definition) is 3. The first kappa shape index (κ1) is 11.0. The van der Waals surface area contributed by atoms with Crippen LogP contribution in [0.2, 0.25) is 0 Å². The lowest BCUT2D eigenvalue weighted by molar-refractivity contribution is 1.16. The summed E-state index contributed by atoms with van der Waals surface area (Å²) in [6.45, 7) is 5.09. The summed E-state index contributed by atoms with van der Waals surface area (Å²) >= 11 is 1.79. The number of aryl methyl sites for hydroxylation is 2. The Labute approximate surface area is 100 Å². The highest BCUT2D eigenvalue weighted by atomic mass is 32.1. The number of rotatable bonds is 3. The van der Waals surface area contributed by atoms with Crippen molar-refractivity contribution in [2.75, 3.05) is 11.1 Å². The summed E-state index contributed by atoms with van der Waals surface area (Å²) in [4.78, 5) is 1.39. The second-order valence-corrected chi connectivity index (χ2v) is 4.96. The molecule has 0 amide bonds. The fourth-order valence-corrected chi connectivity index (χ4v) is 2.49. The molecule has 0 saturated carbocycles. The molecule has 0 aliphatic rings. The zero-order chi connectivity index (χ0) is 11.5. The maximum absolute atomic E-state index is 5.72. The van der Waals surface area contributed by atoms with Crippen LogP contribution in [-0.2, 0) is 6.54 Å². The van der Waals surface area contributed by atoms with Gasteiger partial charge in [0.15, 0.2) is 0 Å². The van der Waals surface area contributed by atoms with E-state index >= 15 is 0 Å². The van der Waals surface area contributed by atoms with E-state index in [-0.39, 0.29) is 0 Å². The molecule has 2 nitrogen and oxygen atoms in total. The van der Waals surface area contributed by atoms with Gasteiger partial charge in [-0.2, -0.15) is 0 Å². The Morgan fingerprint density at radius 3 is 2.62 bits per heavy atom. The smallest absolute Gasteiger partial charge is 0.0496 e. The minimum absolute atomic E-state index is 0.815. The summed E-state index contributed by atoms with van der Waals surface area (Å²) in [6.07, 6.45) is 0. The molecule has 0 aliphatic carbocycles. The van der Waals surface area contributed by atoms with Crippen LogP contribution in [0.15, 0.2) is 29.6 Å². The molecule has 1 aromatic carbocycles. The van der Waals surface area contributed by atoms with Crippen LogP contribution in [0.4, 0.5) is 11.4 Å².